The number of aliphatic imine (C=N–C) groups is 1. The first-order chi connectivity index (χ1) is 14.0. The molecule has 2 N–H and O–H groups in total. The van der Waals surface area contributed by atoms with Gasteiger partial charge in [0.25, 0.3) is 10.0 Å². The normalized spacial score (nSPS) is 21.4. The number of rotatable bonds is 8. The minimum Gasteiger partial charge on any atom is -0.357 e. The SMILES string of the molecule is CCNC(=NCc1ccc(S(=O)(=O)N2CCCCC2)s1)NCC1CCCN1CC.I. The van der Waals surface area contributed by atoms with Gasteiger partial charge in [-0.05, 0) is 57.8 Å². The molecule has 2 fully saturated rings. The van der Waals surface area contributed by atoms with E-state index in [2.05, 4.69) is 34.4 Å². The first-order valence-electron chi connectivity index (χ1n) is 10.9. The number of halogens is 1. The lowest BCUT2D eigenvalue weighted by Gasteiger charge is -2.25. The number of likely N-dealkylation sites (tertiary alicyclic amines) is 1. The molecule has 0 spiro atoms. The van der Waals surface area contributed by atoms with E-state index in [1.807, 2.05) is 6.07 Å². The number of piperidine rings is 1. The summed E-state index contributed by atoms with van der Waals surface area (Å²) in [7, 11) is -3.35. The number of hydrogen-bond donors (Lipinski definition) is 2. The van der Waals surface area contributed by atoms with Crippen LogP contribution in [-0.2, 0) is 16.6 Å². The van der Waals surface area contributed by atoms with E-state index < -0.39 is 10.0 Å². The maximum Gasteiger partial charge on any atom is 0.252 e. The Kier molecular flexibility index (Phi) is 10.8. The van der Waals surface area contributed by atoms with Crippen molar-refractivity contribution in [1.29, 1.82) is 0 Å². The highest BCUT2D eigenvalue weighted by atomic mass is 127. The largest absolute Gasteiger partial charge is 0.357 e. The molecule has 0 amide bonds. The highest BCUT2D eigenvalue weighted by Crippen LogP contribution is 2.27. The summed E-state index contributed by atoms with van der Waals surface area (Å²) in [6.45, 7) is 9.98. The summed E-state index contributed by atoms with van der Waals surface area (Å²) in [6, 6.07) is 4.19. The Morgan fingerprint density at radius 3 is 2.60 bits per heavy atom. The second-order valence-corrected chi connectivity index (χ2v) is 11.0. The fraction of sp³-hybridized carbons (Fsp3) is 0.750. The van der Waals surface area contributed by atoms with Crippen molar-refractivity contribution in [3.05, 3.63) is 17.0 Å². The second kappa shape index (κ2) is 12.6. The molecule has 0 aliphatic carbocycles. The van der Waals surface area contributed by atoms with Crippen molar-refractivity contribution < 1.29 is 8.42 Å². The summed E-state index contributed by atoms with van der Waals surface area (Å²) >= 11 is 1.34. The van der Waals surface area contributed by atoms with Crippen LogP contribution in [-0.4, -0.2) is 68.9 Å². The molecule has 0 aromatic carbocycles. The van der Waals surface area contributed by atoms with Crippen LogP contribution in [0.15, 0.2) is 21.3 Å². The fourth-order valence-corrected chi connectivity index (χ4v) is 7.02. The number of nitrogens with zero attached hydrogens (tertiary/aromatic N) is 3. The molecule has 0 bridgehead atoms. The highest BCUT2D eigenvalue weighted by molar-refractivity contribution is 14.0. The number of hydrogen-bond acceptors (Lipinski definition) is 5. The molecule has 10 heteroatoms. The topological polar surface area (TPSA) is 77.0 Å². The van der Waals surface area contributed by atoms with Crippen LogP contribution in [0, 0.1) is 0 Å². The Morgan fingerprint density at radius 2 is 1.90 bits per heavy atom. The molecule has 0 radical (unpaired) electrons. The van der Waals surface area contributed by atoms with Gasteiger partial charge in [-0.2, -0.15) is 4.31 Å². The van der Waals surface area contributed by atoms with Crippen molar-refractivity contribution in [2.75, 3.05) is 39.3 Å². The van der Waals surface area contributed by atoms with E-state index >= 15 is 0 Å². The summed E-state index contributed by atoms with van der Waals surface area (Å²) < 4.78 is 27.7. The monoisotopic (exact) mass is 569 g/mol. The molecule has 1 atom stereocenters. The molecule has 1 unspecified atom stereocenters. The van der Waals surface area contributed by atoms with Gasteiger partial charge in [-0.3, -0.25) is 4.90 Å². The Morgan fingerprint density at radius 1 is 1.13 bits per heavy atom. The molecule has 3 rings (SSSR count). The van der Waals surface area contributed by atoms with E-state index in [0.717, 1.165) is 49.7 Å². The number of nitrogens with one attached hydrogen (secondary N) is 2. The second-order valence-electron chi connectivity index (χ2n) is 7.69. The van der Waals surface area contributed by atoms with E-state index in [1.165, 1.54) is 30.7 Å². The Hall–Kier alpha value is -0.430. The van der Waals surface area contributed by atoms with Gasteiger partial charge in [0.05, 0.1) is 6.54 Å². The van der Waals surface area contributed by atoms with Gasteiger partial charge in [-0.25, -0.2) is 13.4 Å². The minimum absolute atomic E-state index is 0. The van der Waals surface area contributed by atoms with E-state index in [0.29, 0.717) is 29.9 Å². The lowest BCUT2D eigenvalue weighted by atomic mass is 10.2. The molecule has 0 saturated carbocycles. The van der Waals surface area contributed by atoms with Gasteiger partial charge >= 0.3 is 0 Å². The molecular formula is C20H36IN5O2S2. The van der Waals surface area contributed by atoms with Gasteiger partial charge in [-0.15, -0.1) is 35.3 Å². The number of sulfonamides is 1. The standard InChI is InChI=1S/C20H35N5O2S2.HI/c1-3-21-20(22-15-17-9-8-12-24(17)4-2)23-16-18-10-11-19(28-18)29(26,27)25-13-6-5-7-14-25;/h10-11,17H,3-9,12-16H2,1-2H3,(H2,21,22,23);1H. The van der Waals surface area contributed by atoms with Crippen molar-refractivity contribution in [3.8, 4) is 0 Å². The molecular weight excluding hydrogens is 533 g/mol. The van der Waals surface area contributed by atoms with Crippen molar-refractivity contribution in [1.82, 2.24) is 19.8 Å². The average molecular weight is 570 g/mol. The van der Waals surface area contributed by atoms with Crippen LogP contribution in [0.2, 0.25) is 0 Å². The van der Waals surface area contributed by atoms with Crippen LogP contribution in [0.25, 0.3) is 0 Å². The summed E-state index contributed by atoms with van der Waals surface area (Å²) in [5.74, 6) is 0.796. The molecule has 172 valence electrons. The van der Waals surface area contributed by atoms with Gasteiger partial charge in [0, 0.05) is 37.1 Å². The predicted molar refractivity (Wildman–Crippen MR) is 135 cm³/mol. The first-order valence-corrected chi connectivity index (χ1v) is 13.1. The lowest BCUT2D eigenvalue weighted by Crippen LogP contribution is -2.44. The number of likely N-dealkylation sites (N-methyl/N-ethyl adjacent to an activating group) is 1. The smallest absolute Gasteiger partial charge is 0.252 e. The zero-order chi connectivity index (χ0) is 20.7. The lowest BCUT2D eigenvalue weighted by molar-refractivity contribution is 0.267. The maximum atomic E-state index is 12.8. The van der Waals surface area contributed by atoms with Crippen LogP contribution in [0.1, 0.15) is 50.8 Å². The molecule has 7 nitrogen and oxygen atoms in total. The van der Waals surface area contributed by atoms with Crippen LogP contribution in [0.3, 0.4) is 0 Å². The van der Waals surface area contributed by atoms with Crippen LogP contribution >= 0.6 is 35.3 Å². The number of thiophene rings is 1. The molecule has 30 heavy (non-hydrogen) atoms. The molecule has 2 saturated heterocycles. The van der Waals surface area contributed by atoms with Crippen molar-refractivity contribution in [2.24, 2.45) is 4.99 Å². The Balaban J connectivity index is 0.00000320. The van der Waals surface area contributed by atoms with Gasteiger partial charge in [0.1, 0.15) is 4.21 Å². The molecule has 2 aliphatic heterocycles. The summed E-state index contributed by atoms with van der Waals surface area (Å²) in [6.07, 6.45) is 5.51. The van der Waals surface area contributed by atoms with Crippen LogP contribution < -0.4 is 10.6 Å². The Bertz CT molecular complexity index is 778. The summed E-state index contributed by atoms with van der Waals surface area (Å²) in [5, 5.41) is 6.76. The van der Waals surface area contributed by atoms with Crippen molar-refractivity contribution >= 4 is 51.3 Å². The van der Waals surface area contributed by atoms with E-state index in [9.17, 15) is 8.42 Å². The molecule has 2 aliphatic rings. The van der Waals surface area contributed by atoms with Gasteiger partial charge in [0.2, 0.25) is 0 Å². The van der Waals surface area contributed by atoms with Crippen LogP contribution in [0.4, 0.5) is 0 Å². The van der Waals surface area contributed by atoms with Gasteiger partial charge in [-0.1, -0.05) is 13.3 Å². The van der Waals surface area contributed by atoms with Gasteiger partial charge < -0.3 is 10.6 Å². The first kappa shape index (κ1) is 25.8. The third kappa shape index (κ3) is 6.78. The minimum atomic E-state index is -3.35. The quantitative estimate of drug-likeness (QED) is 0.286. The summed E-state index contributed by atoms with van der Waals surface area (Å²) in [5.41, 5.74) is 0. The van der Waals surface area contributed by atoms with E-state index in [4.69, 9.17) is 0 Å². The molecule has 1 aromatic heterocycles. The molecule has 1 aromatic rings. The van der Waals surface area contributed by atoms with Crippen molar-refractivity contribution in [2.45, 2.75) is 62.7 Å². The highest BCUT2D eigenvalue weighted by Gasteiger charge is 2.27. The number of guanidine groups is 1. The zero-order valence-electron chi connectivity index (χ0n) is 18.1. The zero-order valence-corrected chi connectivity index (χ0v) is 22.1. The third-order valence-corrected chi connectivity index (χ3v) is 9.13. The van der Waals surface area contributed by atoms with Crippen LogP contribution in [0.5, 0.6) is 0 Å². The third-order valence-electron chi connectivity index (χ3n) is 5.69. The summed E-state index contributed by atoms with van der Waals surface area (Å²) in [4.78, 5) is 8.16. The average Bonchev–Trinajstić information content (AvgIpc) is 3.40. The molecule has 3 heterocycles. The van der Waals surface area contributed by atoms with E-state index in [-0.39, 0.29) is 24.0 Å². The Labute approximate surface area is 202 Å². The van der Waals surface area contributed by atoms with E-state index in [1.54, 1.807) is 10.4 Å². The maximum absolute atomic E-state index is 12.8. The van der Waals surface area contributed by atoms with Gasteiger partial charge in [0.15, 0.2) is 5.96 Å². The van der Waals surface area contributed by atoms with Crippen molar-refractivity contribution in [3.63, 3.8) is 0 Å². The fourth-order valence-electron chi connectivity index (χ4n) is 4.07. The predicted octanol–water partition coefficient (Wildman–Crippen LogP) is 3.08.